The molecule has 0 aliphatic carbocycles. The molecular weight excluding hydrogens is 192 g/mol. The molecule has 1 aromatic rings. The van der Waals surface area contributed by atoms with Crippen molar-refractivity contribution in [3.63, 3.8) is 0 Å². The van der Waals surface area contributed by atoms with Crippen molar-refractivity contribution in [3.8, 4) is 0 Å². The van der Waals surface area contributed by atoms with Gasteiger partial charge in [0.25, 0.3) is 0 Å². The molecule has 0 fully saturated rings. The van der Waals surface area contributed by atoms with Crippen molar-refractivity contribution in [2.24, 2.45) is 5.73 Å². The minimum Gasteiger partial charge on any atom is -0.383 e. The lowest BCUT2D eigenvalue weighted by atomic mass is 10.3. The lowest BCUT2D eigenvalue weighted by Gasteiger charge is -2.16. The molecule has 0 spiro atoms. The Hall–Kier alpha value is -1.20. The number of nitrogens with one attached hydrogen (secondary N) is 1. The van der Waals surface area contributed by atoms with Gasteiger partial charge in [0, 0.05) is 25.4 Å². The Balaban J connectivity index is 2.69. The van der Waals surface area contributed by atoms with E-state index in [1.165, 1.54) is 0 Å². The van der Waals surface area contributed by atoms with Gasteiger partial charge in [-0.05, 0) is 13.8 Å². The molecule has 1 atom stereocenters. The van der Waals surface area contributed by atoms with Crippen molar-refractivity contribution in [2.75, 3.05) is 25.6 Å². The molecule has 3 N–H and O–H groups in total. The third-order valence-corrected chi connectivity index (χ3v) is 1.97. The summed E-state index contributed by atoms with van der Waals surface area (Å²) in [5, 5.41) is 3.21. The highest BCUT2D eigenvalue weighted by Gasteiger charge is 2.07. The average molecular weight is 210 g/mol. The Kier molecular flexibility index (Phi) is 4.45. The molecule has 0 aromatic carbocycles. The minimum atomic E-state index is 0.0868. The molecule has 84 valence electrons. The van der Waals surface area contributed by atoms with E-state index in [4.69, 9.17) is 10.5 Å². The summed E-state index contributed by atoms with van der Waals surface area (Å²) < 4.78 is 5.04. The molecule has 0 radical (unpaired) electrons. The number of nitrogens with two attached hydrogens (primary N) is 1. The Bertz CT molecular complexity index is 296. The van der Waals surface area contributed by atoms with E-state index in [1.54, 1.807) is 7.11 Å². The summed E-state index contributed by atoms with van der Waals surface area (Å²) in [6, 6.07) is 1.98. The van der Waals surface area contributed by atoms with Crippen molar-refractivity contribution in [2.45, 2.75) is 19.9 Å². The molecule has 1 aromatic heterocycles. The monoisotopic (exact) mass is 210 g/mol. The lowest BCUT2D eigenvalue weighted by molar-refractivity contribution is 0.187. The topological polar surface area (TPSA) is 73.1 Å². The number of anilines is 1. The first-order valence-electron chi connectivity index (χ1n) is 4.93. The van der Waals surface area contributed by atoms with Crippen LogP contribution in [-0.2, 0) is 4.74 Å². The van der Waals surface area contributed by atoms with Crippen LogP contribution >= 0.6 is 0 Å². The van der Waals surface area contributed by atoms with E-state index in [1.807, 2.05) is 19.9 Å². The maximum Gasteiger partial charge on any atom is 0.130 e. The average Bonchev–Trinajstić information content (AvgIpc) is 2.15. The molecule has 0 aliphatic rings. The molecule has 0 aliphatic heterocycles. The fourth-order valence-electron chi connectivity index (χ4n) is 1.37. The van der Waals surface area contributed by atoms with E-state index in [2.05, 4.69) is 15.3 Å². The smallest absolute Gasteiger partial charge is 0.130 e. The van der Waals surface area contributed by atoms with E-state index in [0.717, 1.165) is 17.3 Å². The summed E-state index contributed by atoms with van der Waals surface area (Å²) in [5.41, 5.74) is 6.54. The first-order chi connectivity index (χ1) is 7.15. The molecule has 5 heteroatoms. The summed E-state index contributed by atoms with van der Waals surface area (Å²) in [5.74, 6) is 1.55. The van der Waals surface area contributed by atoms with Gasteiger partial charge in [0.05, 0.1) is 12.6 Å². The van der Waals surface area contributed by atoms with Gasteiger partial charge in [-0.2, -0.15) is 0 Å². The van der Waals surface area contributed by atoms with Crippen LogP contribution in [0.1, 0.15) is 11.5 Å². The minimum absolute atomic E-state index is 0.0868. The number of aryl methyl sites for hydroxylation is 2. The van der Waals surface area contributed by atoms with Gasteiger partial charge in [0.2, 0.25) is 0 Å². The number of ether oxygens (including phenoxy) is 1. The SMILES string of the molecule is COCC(CN)Nc1cc(C)nc(C)n1. The zero-order valence-electron chi connectivity index (χ0n) is 9.45. The molecule has 5 nitrogen and oxygen atoms in total. The number of nitrogens with zero attached hydrogens (tertiary/aromatic N) is 2. The Labute approximate surface area is 90.1 Å². The second kappa shape index (κ2) is 5.63. The highest BCUT2D eigenvalue weighted by molar-refractivity contribution is 5.36. The zero-order chi connectivity index (χ0) is 11.3. The van der Waals surface area contributed by atoms with Crippen LogP contribution in [-0.4, -0.2) is 36.3 Å². The molecule has 0 saturated carbocycles. The van der Waals surface area contributed by atoms with Crippen LogP contribution in [0.5, 0.6) is 0 Å². The molecule has 1 unspecified atom stereocenters. The first kappa shape index (κ1) is 11.9. The molecule has 1 heterocycles. The Morgan fingerprint density at radius 3 is 2.73 bits per heavy atom. The fourth-order valence-corrected chi connectivity index (χ4v) is 1.37. The molecule has 0 amide bonds. The first-order valence-corrected chi connectivity index (χ1v) is 4.93. The van der Waals surface area contributed by atoms with Gasteiger partial charge in [0.1, 0.15) is 11.6 Å². The van der Waals surface area contributed by atoms with Gasteiger partial charge in [-0.1, -0.05) is 0 Å². The van der Waals surface area contributed by atoms with E-state index in [9.17, 15) is 0 Å². The van der Waals surface area contributed by atoms with E-state index in [-0.39, 0.29) is 6.04 Å². The fraction of sp³-hybridized carbons (Fsp3) is 0.600. The Morgan fingerprint density at radius 1 is 1.47 bits per heavy atom. The maximum atomic E-state index is 5.60. The van der Waals surface area contributed by atoms with Crippen molar-refractivity contribution < 1.29 is 4.74 Å². The lowest BCUT2D eigenvalue weighted by Crippen LogP contribution is -2.33. The standard InChI is InChI=1S/C10H18N4O/c1-7-4-10(13-8(2)12-7)14-9(5-11)6-15-3/h4,9H,5-6,11H2,1-3H3,(H,12,13,14). The summed E-state index contributed by atoms with van der Waals surface area (Å²) in [7, 11) is 1.65. The summed E-state index contributed by atoms with van der Waals surface area (Å²) >= 11 is 0. The molecule has 0 bridgehead atoms. The van der Waals surface area contributed by atoms with Gasteiger partial charge in [-0.3, -0.25) is 0 Å². The van der Waals surface area contributed by atoms with Crippen LogP contribution in [0.3, 0.4) is 0 Å². The predicted molar refractivity (Wildman–Crippen MR) is 59.8 cm³/mol. The van der Waals surface area contributed by atoms with Gasteiger partial charge in [-0.25, -0.2) is 9.97 Å². The van der Waals surface area contributed by atoms with Crippen LogP contribution in [0.2, 0.25) is 0 Å². The van der Waals surface area contributed by atoms with Crippen molar-refractivity contribution in [3.05, 3.63) is 17.6 Å². The summed E-state index contributed by atoms with van der Waals surface area (Å²) in [4.78, 5) is 8.47. The highest BCUT2D eigenvalue weighted by Crippen LogP contribution is 2.06. The number of aromatic nitrogens is 2. The number of hydrogen-bond acceptors (Lipinski definition) is 5. The van der Waals surface area contributed by atoms with Gasteiger partial charge >= 0.3 is 0 Å². The zero-order valence-corrected chi connectivity index (χ0v) is 9.45. The van der Waals surface area contributed by atoms with Gasteiger partial charge in [0.15, 0.2) is 0 Å². The summed E-state index contributed by atoms with van der Waals surface area (Å²) in [6.07, 6.45) is 0. The van der Waals surface area contributed by atoms with Crippen LogP contribution < -0.4 is 11.1 Å². The molecular formula is C10H18N4O. The van der Waals surface area contributed by atoms with E-state index >= 15 is 0 Å². The van der Waals surface area contributed by atoms with E-state index in [0.29, 0.717) is 13.2 Å². The molecule has 0 saturated heterocycles. The maximum absolute atomic E-state index is 5.60. The largest absolute Gasteiger partial charge is 0.383 e. The predicted octanol–water partition coefficient (Wildman–Crippen LogP) is 0.479. The van der Waals surface area contributed by atoms with Crippen LogP contribution in [0.15, 0.2) is 6.07 Å². The number of hydrogen-bond donors (Lipinski definition) is 2. The van der Waals surface area contributed by atoms with Crippen molar-refractivity contribution in [1.29, 1.82) is 0 Å². The summed E-state index contributed by atoms with van der Waals surface area (Å²) in [6.45, 7) is 4.88. The van der Waals surface area contributed by atoms with Gasteiger partial charge < -0.3 is 15.8 Å². The third-order valence-electron chi connectivity index (χ3n) is 1.97. The molecule has 15 heavy (non-hydrogen) atoms. The van der Waals surface area contributed by atoms with E-state index < -0.39 is 0 Å². The van der Waals surface area contributed by atoms with Crippen molar-refractivity contribution in [1.82, 2.24) is 9.97 Å². The molecule has 1 rings (SSSR count). The third kappa shape index (κ3) is 3.81. The van der Waals surface area contributed by atoms with Crippen LogP contribution in [0, 0.1) is 13.8 Å². The highest BCUT2D eigenvalue weighted by atomic mass is 16.5. The second-order valence-electron chi connectivity index (χ2n) is 3.47. The van der Waals surface area contributed by atoms with Crippen molar-refractivity contribution >= 4 is 5.82 Å². The quantitative estimate of drug-likeness (QED) is 0.739. The number of methoxy groups -OCH3 is 1. The normalized spacial score (nSPS) is 12.5. The van der Waals surface area contributed by atoms with Crippen LogP contribution in [0.4, 0.5) is 5.82 Å². The number of rotatable bonds is 5. The van der Waals surface area contributed by atoms with Gasteiger partial charge in [-0.15, -0.1) is 0 Å². The Morgan fingerprint density at radius 2 is 2.20 bits per heavy atom. The second-order valence-corrected chi connectivity index (χ2v) is 3.47. The van der Waals surface area contributed by atoms with Crippen LogP contribution in [0.25, 0.3) is 0 Å².